The third kappa shape index (κ3) is 2.79. The first-order chi connectivity index (χ1) is 14.5. The minimum atomic E-state index is -1.87. The number of hydrogen-bond donors (Lipinski definition) is 1. The molecule has 1 N–H and O–H groups in total. The van der Waals surface area contributed by atoms with Gasteiger partial charge in [0, 0.05) is 16.1 Å². The van der Waals surface area contributed by atoms with Crippen molar-refractivity contribution in [1.82, 2.24) is 0 Å². The highest BCUT2D eigenvalue weighted by molar-refractivity contribution is 6.30. The molecular formula is C25H20ClNO3. The standard InChI is InChI=1S/C25H20ClNO3/c26-18-12-9-16(10-13-18)15-27-22-8-4-3-7-20(22)25(30,24(27)29)21-14-11-17-5-1-2-6-19(17)23(21)28/h1-10,12-13,21,30H,11,14-15H2. The number of carbonyl (C=O) groups is 2. The summed E-state index contributed by atoms with van der Waals surface area (Å²) in [5.74, 6) is -1.43. The molecule has 5 heteroatoms. The fraction of sp³-hybridized carbons (Fsp3) is 0.200. The summed E-state index contributed by atoms with van der Waals surface area (Å²) in [5.41, 5.74) is 1.75. The molecule has 1 aliphatic heterocycles. The van der Waals surface area contributed by atoms with Gasteiger partial charge in [0.1, 0.15) is 0 Å². The second-order valence-electron chi connectivity index (χ2n) is 7.91. The van der Waals surface area contributed by atoms with Gasteiger partial charge in [-0.3, -0.25) is 9.59 Å². The maximum Gasteiger partial charge on any atom is 0.264 e. The Balaban J connectivity index is 1.56. The topological polar surface area (TPSA) is 57.6 Å². The molecule has 0 spiro atoms. The fourth-order valence-corrected chi connectivity index (χ4v) is 4.85. The number of rotatable bonds is 3. The van der Waals surface area contributed by atoms with E-state index in [4.69, 9.17) is 11.6 Å². The first-order valence-corrected chi connectivity index (χ1v) is 10.4. The number of anilines is 1. The van der Waals surface area contributed by atoms with E-state index in [1.807, 2.05) is 42.5 Å². The maximum absolute atomic E-state index is 13.6. The Kier molecular flexibility index (Phi) is 4.49. The van der Waals surface area contributed by atoms with Crippen LogP contribution in [0.2, 0.25) is 5.02 Å². The van der Waals surface area contributed by atoms with Crippen LogP contribution >= 0.6 is 11.6 Å². The number of aliphatic hydroxyl groups is 1. The molecule has 0 fully saturated rings. The molecular weight excluding hydrogens is 398 g/mol. The number of fused-ring (bicyclic) bond motifs is 2. The van der Waals surface area contributed by atoms with E-state index in [0.717, 1.165) is 11.1 Å². The Morgan fingerprint density at radius 3 is 2.47 bits per heavy atom. The average Bonchev–Trinajstić information content (AvgIpc) is 2.98. The van der Waals surface area contributed by atoms with Crippen molar-refractivity contribution in [2.24, 2.45) is 5.92 Å². The summed E-state index contributed by atoms with van der Waals surface area (Å²) in [6, 6.07) is 21.9. The summed E-state index contributed by atoms with van der Waals surface area (Å²) in [5, 5.41) is 12.4. The SMILES string of the molecule is O=C1c2ccccc2CCC1C1(O)C(=O)N(Cc2ccc(Cl)cc2)c2ccccc21. The van der Waals surface area contributed by atoms with Crippen LogP contribution in [-0.4, -0.2) is 16.8 Å². The van der Waals surface area contributed by atoms with Gasteiger partial charge in [-0.2, -0.15) is 0 Å². The van der Waals surface area contributed by atoms with Crippen LogP contribution in [0.4, 0.5) is 5.69 Å². The fourth-order valence-electron chi connectivity index (χ4n) is 4.72. The number of ketones is 1. The highest BCUT2D eigenvalue weighted by atomic mass is 35.5. The summed E-state index contributed by atoms with van der Waals surface area (Å²) in [4.78, 5) is 28.5. The molecule has 5 rings (SSSR count). The van der Waals surface area contributed by atoms with E-state index in [-0.39, 0.29) is 5.78 Å². The van der Waals surface area contributed by atoms with Crippen LogP contribution < -0.4 is 4.90 Å². The average molecular weight is 418 g/mol. The molecule has 4 nitrogen and oxygen atoms in total. The van der Waals surface area contributed by atoms with E-state index >= 15 is 0 Å². The van der Waals surface area contributed by atoms with E-state index in [2.05, 4.69) is 0 Å². The van der Waals surface area contributed by atoms with E-state index in [1.54, 1.807) is 35.2 Å². The van der Waals surface area contributed by atoms with Crippen molar-refractivity contribution < 1.29 is 14.7 Å². The Morgan fingerprint density at radius 2 is 1.67 bits per heavy atom. The predicted molar refractivity (Wildman–Crippen MR) is 116 cm³/mol. The zero-order valence-electron chi connectivity index (χ0n) is 16.2. The molecule has 0 bridgehead atoms. The maximum atomic E-state index is 13.6. The van der Waals surface area contributed by atoms with Crippen molar-refractivity contribution in [3.63, 3.8) is 0 Å². The molecule has 3 aromatic carbocycles. The molecule has 0 saturated heterocycles. The third-order valence-corrected chi connectivity index (χ3v) is 6.49. The highest BCUT2D eigenvalue weighted by Gasteiger charge is 2.57. The summed E-state index contributed by atoms with van der Waals surface area (Å²) >= 11 is 5.98. The molecule has 1 amide bonds. The number of hydrogen-bond acceptors (Lipinski definition) is 3. The van der Waals surface area contributed by atoms with E-state index in [1.165, 1.54) is 0 Å². The lowest BCUT2D eigenvalue weighted by atomic mass is 9.71. The second-order valence-corrected chi connectivity index (χ2v) is 8.35. The molecule has 150 valence electrons. The molecule has 0 saturated carbocycles. The van der Waals surface area contributed by atoms with Crippen molar-refractivity contribution in [3.05, 3.63) is 100 Å². The normalized spacial score (nSPS) is 22.7. The molecule has 30 heavy (non-hydrogen) atoms. The minimum absolute atomic E-state index is 0.171. The molecule has 0 aromatic heterocycles. The Labute approximate surface area is 179 Å². The van der Waals surface area contributed by atoms with Crippen LogP contribution in [0.1, 0.15) is 33.5 Å². The molecule has 2 unspecified atom stereocenters. The molecule has 2 aliphatic rings. The number of aryl methyl sites for hydroxylation is 1. The number of Topliss-reactive ketones (excluding diaryl/α,β-unsaturated/α-hetero) is 1. The number of nitrogens with zero attached hydrogens (tertiary/aromatic N) is 1. The molecule has 0 radical (unpaired) electrons. The quantitative estimate of drug-likeness (QED) is 0.681. The highest BCUT2D eigenvalue weighted by Crippen LogP contribution is 2.48. The lowest BCUT2D eigenvalue weighted by molar-refractivity contribution is -0.140. The van der Waals surface area contributed by atoms with Gasteiger partial charge < -0.3 is 10.0 Å². The van der Waals surface area contributed by atoms with Crippen LogP contribution in [0.25, 0.3) is 0 Å². The third-order valence-electron chi connectivity index (χ3n) is 6.24. The van der Waals surface area contributed by atoms with Crippen LogP contribution in [0, 0.1) is 5.92 Å². The van der Waals surface area contributed by atoms with Crippen LogP contribution in [0.15, 0.2) is 72.8 Å². The van der Waals surface area contributed by atoms with Gasteiger partial charge in [0.2, 0.25) is 0 Å². The Morgan fingerprint density at radius 1 is 0.967 bits per heavy atom. The van der Waals surface area contributed by atoms with Crippen molar-refractivity contribution in [3.8, 4) is 0 Å². The number of carbonyl (C=O) groups excluding carboxylic acids is 2. The number of amides is 1. The summed E-state index contributed by atoms with van der Waals surface area (Å²) < 4.78 is 0. The van der Waals surface area contributed by atoms with Gasteiger partial charge in [-0.25, -0.2) is 0 Å². The summed E-state index contributed by atoms with van der Waals surface area (Å²) in [6.45, 7) is 0.298. The van der Waals surface area contributed by atoms with E-state index in [9.17, 15) is 14.7 Å². The van der Waals surface area contributed by atoms with Crippen LogP contribution in [-0.2, 0) is 23.4 Å². The van der Waals surface area contributed by atoms with Crippen molar-refractivity contribution >= 4 is 29.0 Å². The first kappa shape index (κ1) is 19.0. The van der Waals surface area contributed by atoms with Crippen molar-refractivity contribution in [2.45, 2.75) is 25.0 Å². The number of halogens is 1. The van der Waals surface area contributed by atoms with Gasteiger partial charge in [-0.05, 0) is 42.2 Å². The zero-order valence-corrected chi connectivity index (χ0v) is 17.0. The molecule has 1 aliphatic carbocycles. The van der Waals surface area contributed by atoms with Gasteiger partial charge in [0.25, 0.3) is 5.91 Å². The molecule has 1 heterocycles. The van der Waals surface area contributed by atoms with Crippen LogP contribution in [0.3, 0.4) is 0 Å². The van der Waals surface area contributed by atoms with Gasteiger partial charge in [-0.1, -0.05) is 66.2 Å². The summed E-state index contributed by atoms with van der Waals surface area (Å²) in [7, 11) is 0. The van der Waals surface area contributed by atoms with E-state index in [0.29, 0.717) is 41.2 Å². The molecule has 2 atom stereocenters. The monoisotopic (exact) mass is 417 g/mol. The smallest absolute Gasteiger partial charge is 0.264 e. The van der Waals surface area contributed by atoms with Gasteiger partial charge >= 0.3 is 0 Å². The van der Waals surface area contributed by atoms with Crippen LogP contribution in [0.5, 0.6) is 0 Å². The van der Waals surface area contributed by atoms with Gasteiger partial charge in [0.15, 0.2) is 11.4 Å². The van der Waals surface area contributed by atoms with Gasteiger partial charge in [-0.15, -0.1) is 0 Å². The van der Waals surface area contributed by atoms with E-state index < -0.39 is 17.4 Å². The summed E-state index contributed by atoms with van der Waals surface area (Å²) in [6.07, 6.45) is 1.09. The second kappa shape index (κ2) is 7.08. The zero-order chi connectivity index (χ0) is 20.9. The van der Waals surface area contributed by atoms with Crippen molar-refractivity contribution in [1.29, 1.82) is 0 Å². The van der Waals surface area contributed by atoms with Gasteiger partial charge in [0.05, 0.1) is 18.2 Å². The lowest BCUT2D eigenvalue weighted by Crippen LogP contribution is -2.49. The van der Waals surface area contributed by atoms with Crippen molar-refractivity contribution in [2.75, 3.05) is 4.90 Å². The minimum Gasteiger partial charge on any atom is -0.375 e. The number of benzene rings is 3. The Hall–Kier alpha value is -2.95. The lowest BCUT2D eigenvalue weighted by Gasteiger charge is -2.34. The molecule has 3 aromatic rings. The largest absolute Gasteiger partial charge is 0.375 e. The first-order valence-electron chi connectivity index (χ1n) is 10.0. The Bertz CT molecular complexity index is 1160. The number of para-hydroxylation sites is 1. The predicted octanol–water partition coefficient (Wildman–Crippen LogP) is 4.52.